The highest BCUT2D eigenvalue weighted by atomic mass is 15.6. The Kier molecular flexibility index (Phi) is 6.37. The fourth-order valence-corrected chi connectivity index (χ4v) is 4.77. The van der Waals surface area contributed by atoms with Gasteiger partial charge in [0.15, 0.2) is 5.82 Å². The maximum absolute atomic E-state index is 4.52. The van der Waals surface area contributed by atoms with Gasteiger partial charge in [-0.25, -0.2) is 4.68 Å². The Bertz CT molecular complexity index is 714. The Morgan fingerprint density at radius 3 is 2.39 bits per heavy atom. The zero-order valence-corrected chi connectivity index (χ0v) is 17.4. The molecule has 1 aliphatic heterocycles. The minimum absolute atomic E-state index is 0.328. The first kappa shape index (κ1) is 19.5. The van der Waals surface area contributed by atoms with E-state index in [-0.39, 0.29) is 0 Å². The molecule has 0 amide bonds. The number of piperazine rings is 1. The van der Waals surface area contributed by atoms with Crippen LogP contribution in [0.1, 0.15) is 69.4 Å². The number of benzene rings is 1. The normalized spacial score (nSPS) is 20.8. The van der Waals surface area contributed by atoms with Crippen LogP contribution >= 0.6 is 0 Å². The molecule has 1 saturated heterocycles. The lowest BCUT2D eigenvalue weighted by Crippen LogP contribution is -2.48. The molecule has 6 nitrogen and oxygen atoms in total. The van der Waals surface area contributed by atoms with Gasteiger partial charge in [0.25, 0.3) is 0 Å². The van der Waals surface area contributed by atoms with E-state index in [0.717, 1.165) is 45.0 Å². The van der Waals surface area contributed by atoms with Crippen LogP contribution in [-0.4, -0.2) is 56.2 Å². The van der Waals surface area contributed by atoms with E-state index in [1.807, 2.05) is 0 Å². The molecule has 1 atom stereocenters. The van der Waals surface area contributed by atoms with Crippen LogP contribution in [0.5, 0.6) is 0 Å². The van der Waals surface area contributed by atoms with Gasteiger partial charge in [0.05, 0.1) is 12.1 Å². The molecular formula is C22H34N6. The van der Waals surface area contributed by atoms with Crippen LogP contribution in [0.2, 0.25) is 0 Å². The van der Waals surface area contributed by atoms with Gasteiger partial charge in [0.2, 0.25) is 0 Å². The summed E-state index contributed by atoms with van der Waals surface area (Å²) < 4.78 is 2.16. The summed E-state index contributed by atoms with van der Waals surface area (Å²) in [6.07, 6.45) is 6.16. The number of hydrogen-bond donors (Lipinski definition) is 0. The van der Waals surface area contributed by atoms with Crippen molar-refractivity contribution in [1.82, 2.24) is 30.0 Å². The summed E-state index contributed by atoms with van der Waals surface area (Å²) >= 11 is 0. The van der Waals surface area contributed by atoms with Crippen LogP contribution in [0, 0.1) is 5.92 Å². The molecule has 2 fully saturated rings. The number of nitrogens with zero attached hydrogens (tertiary/aromatic N) is 6. The molecule has 1 saturated carbocycles. The zero-order valence-electron chi connectivity index (χ0n) is 17.4. The first-order valence-corrected chi connectivity index (χ1v) is 11.0. The van der Waals surface area contributed by atoms with E-state index in [4.69, 9.17) is 0 Å². The van der Waals surface area contributed by atoms with Gasteiger partial charge in [-0.1, -0.05) is 57.0 Å². The van der Waals surface area contributed by atoms with Crippen molar-refractivity contribution in [2.45, 2.75) is 64.6 Å². The summed E-state index contributed by atoms with van der Waals surface area (Å²) in [7, 11) is 0. The van der Waals surface area contributed by atoms with Gasteiger partial charge in [-0.2, -0.15) is 0 Å². The fourth-order valence-electron chi connectivity index (χ4n) is 4.77. The van der Waals surface area contributed by atoms with Gasteiger partial charge < -0.3 is 0 Å². The summed E-state index contributed by atoms with van der Waals surface area (Å²) in [6, 6.07) is 11.6. The topological polar surface area (TPSA) is 50.1 Å². The Morgan fingerprint density at radius 1 is 1.00 bits per heavy atom. The second-order valence-electron chi connectivity index (χ2n) is 8.86. The molecule has 0 bridgehead atoms. The Labute approximate surface area is 168 Å². The molecule has 1 aliphatic carbocycles. The highest BCUT2D eigenvalue weighted by Crippen LogP contribution is 2.34. The lowest BCUT2D eigenvalue weighted by molar-refractivity contribution is 0.0759. The van der Waals surface area contributed by atoms with Crippen LogP contribution in [0.4, 0.5) is 0 Å². The van der Waals surface area contributed by atoms with E-state index >= 15 is 0 Å². The zero-order chi connectivity index (χ0) is 19.3. The largest absolute Gasteiger partial charge is 0.297 e. The first-order valence-electron chi connectivity index (χ1n) is 11.0. The molecular weight excluding hydrogens is 348 g/mol. The minimum atomic E-state index is 0.328. The summed E-state index contributed by atoms with van der Waals surface area (Å²) in [4.78, 5) is 5.19. The van der Waals surface area contributed by atoms with Crippen molar-refractivity contribution >= 4 is 0 Å². The molecule has 2 heterocycles. The first-order chi connectivity index (χ1) is 13.7. The number of aromatic nitrogens is 4. The Hall–Kier alpha value is -1.79. The molecule has 0 spiro atoms. The molecule has 2 aromatic rings. The Balaban J connectivity index is 1.43. The van der Waals surface area contributed by atoms with Crippen LogP contribution in [0.25, 0.3) is 0 Å². The van der Waals surface area contributed by atoms with Gasteiger partial charge in [-0.15, -0.1) is 5.10 Å². The van der Waals surface area contributed by atoms with Crippen LogP contribution in [0.3, 0.4) is 0 Å². The number of hydrogen-bond acceptors (Lipinski definition) is 5. The minimum Gasteiger partial charge on any atom is -0.297 e. The lowest BCUT2D eigenvalue weighted by atomic mass is 10.0. The average molecular weight is 383 g/mol. The third-order valence-electron chi connectivity index (χ3n) is 6.28. The predicted octanol–water partition coefficient (Wildman–Crippen LogP) is 3.69. The van der Waals surface area contributed by atoms with Crippen LogP contribution < -0.4 is 0 Å². The monoisotopic (exact) mass is 382 g/mol. The Morgan fingerprint density at radius 2 is 1.71 bits per heavy atom. The van der Waals surface area contributed by atoms with E-state index in [9.17, 15) is 0 Å². The molecule has 1 aromatic carbocycles. The van der Waals surface area contributed by atoms with Crippen molar-refractivity contribution in [3.63, 3.8) is 0 Å². The van der Waals surface area contributed by atoms with Crippen LogP contribution in [0.15, 0.2) is 30.3 Å². The third-order valence-corrected chi connectivity index (χ3v) is 6.28. The summed E-state index contributed by atoms with van der Waals surface area (Å²) in [5, 5.41) is 13.0. The highest BCUT2D eigenvalue weighted by molar-refractivity contribution is 5.14. The summed E-state index contributed by atoms with van der Waals surface area (Å²) in [6.45, 7) is 10.0. The molecule has 4 rings (SSSR count). The third kappa shape index (κ3) is 4.61. The summed E-state index contributed by atoms with van der Waals surface area (Å²) in [5.41, 5.74) is 1.40. The van der Waals surface area contributed by atoms with E-state index in [1.165, 1.54) is 31.2 Å². The van der Waals surface area contributed by atoms with Gasteiger partial charge >= 0.3 is 0 Å². The van der Waals surface area contributed by atoms with Crippen molar-refractivity contribution in [2.24, 2.45) is 5.92 Å². The molecule has 0 radical (unpaired) electrons. The number of rotatable bonds is 7. The molecule has 0 unspecified atom stereocenters. The molecule has 1 aromatic heterocycles. The second kappa shape index (κ2) is 9.14. The standard InChI is InChI=1S/C22H34N6/c1-18(2)16-21(22-23-24-25-28(22)20-10-6-7-11-20)27-14-12-26(13-15-27)17-19-8-4-3-5-9-19/h3-5,8-9,18,20-21H,6-7,10-17H2,1-2H3/t21-/m0/s1. The van der Waals surface area contributed by atoms with Crippen LogP contribution in [-0.2, 0) is 6.54 Å². The lowest BCUT2D eigenvalue weighted by Gasteiger charge is -2.39. The maximum Gasteiger partial charge on any atom is 0.168 e. The fraction of sp³-hybridized carbons (Fsp3) is 0.682. The number of tetrazole rings is 1. The van der Waals surface area contributed by atoms with Gasteiger partial charge in [-0.05, 0) is 41.2 Å². The maximum atomic E-state index is 4.52. The van der Waals surface area contributed by atoms with Crippen molar-refractivity contribution in [3.05, 3.63) is 41.7 Å². The second-order valence-corrected chi connectivity index (χ2v) is 8.86. The summed E-state index contributed by atoms with van der Waals surface area (Å²) in [5.74, 6) is 1.72. The average Bonchev–Trinajstić information content (AvgIpc) is 3.39. The van der Waals surface area contributed by atoms with E-state index in [0.29, 0.717) is 18.0 Å². The van der Waals surface area contributed by atoms with Crippen molar-refractivity contribution in [3.8, 4) is 0 Å². The van der Waals surface area contributed by atoms with Gasteiger partial charge in [0.1, 0.15) is 0 Å². The van der Waals surface area contributed by atoms with E-state index in [1.54, 1.807) is 0 Å². The molecule has 28 heavy (non-hydrogen) atoms. The SMILES string of the molecule is CC(C)C[C@@H](c1nnnn1C1CCCC1)N1CCN(Cc2ccccc2)CC1. The van der Waals surface area contributed by atoms with Gasteiger partial charge in [0, 0.05) is 32.7 Å². The van der Waals surface area contributed by atoms with Crippen molar-refractivity contribution in [1.29, 1.82) is 0 Å². The highest BCUT2D eigenvalue weighted by Gasteiger charge is 2.32. The van der Waals surface area contributed by atoms with E-state index < -0.39 is 0 Å². The smallest absolute Gasteiger partial charge is 0.168 e. The quantitative estimate of drug-likeness (QED) is 0.731. The molecule has 2 aliphatic rings. The van der Waals surface area contributed by atoms with Gasteiger partial charge in [-0.3, -0.25) is 9.80 Å². The van der Waals surface area contributed by atoms with E-state index in [2.05, 4.69) is 74.2 Å². The van der Waals surface area contributed by atoms with Crippen molar-refractivity contribution < 1.29 is 0 Å². The molecule has 0 N–H and O–H groups in total. The van der Waals surface area contributed by atoms with Crippen molar-refractivity contribution in [2.75, 3.05) is 26.2 Å². The predicted molar refractivity (Wildman–Crippen MR) is 111 cm³/mol. The molecule has 6 heteroatoms. The molecule has 152 valence electrons.